The van der Waals surface area contributed by atoms with Gasteiger partial charge in [0.1, 0.15) is 27.1 Å². The van der Waals surface area contributed by atoms with Crippen molar-refractivity contribution in [3.8, 4) is 102 Å². The van der Waals surface area contributed by atoms with Gasteiger partial charge < -0.3 is 22.5 Å². The number of rotatable bonds is 12. The first-order valence-corrected chi connectivity index (χ1v) is 43.0. The van der Waals surface area contributed by atoms with E-state index in [9.17, 15) is 0 Å². The van der Waals surface area contributed by atoms with E-state index in [-0.39, 0.29) is 0 Å². The summed E-state index contributed by atoms with van der Waals surface area (Å²) in [5.41, 5.74) is 22.7. The Morgan fingerprint density at radius 1 is 0.217 bits per heavy atom. The van der Waals surface area contributed by atoms with Crippen LogP contribution in [0.5, 0.6) is 0 Å². The van der Waals surface area contributed by atoms with Gasteiger partial charge >= 0.3 is 0 Å². The van der Waals surface area contributed by atoms with Gasteiger partial charge in [-0.05, 0) is 170 Å². The first-order valence-electron chi connectivity index (χ1n) is 42.2. The second-order valence-corrected chi connectivity index (χ2v) is 32.1. The van der Waals surface area contributed by atoms with Crippen LogP contribution in [0.3, 0.4) is 0 Å². The minimum Gasteiger partial charge on any atom is -0.417 e. The zero-order valence-corrected chi connectivity index (χ0v) is 69.2. The molecule has 0 bridgehead atoms. The lowest BCUT2D eigenvalue weighted by atomic mass is 10.1. The summed E-state index contributed by atoms with van der Waals surface area (Å²) in [6.07, 6.45) is 21.8. The molecule has 0 amide bonds. The minimum atomic E-state index is 0.437. The first-order chi connectivity index (χ1) is 64.1. The molecular weight excluding hydrogens is 1610 g/mol. The van der Waals surface area contributed by atoms with Gasteiger partial charge in [-0.1, -0.05) is 169 Å². The number of aromatic nitrogens is 18. The number of oxazole rings is 2. The molecule has 0 spiro atoms. The first kappa shape index (κ1) is 73.9. The van der Waals surface area contributed by atoms with Crippen LogP contribution in [0.25, 0.3) is 233 Å². The summed E-state index contributed by atoms with van der Waals surface area (Å²) in [6.45, 7) is 0. The van der Waals surface area contributed by atoms with Crippen LogP contribution in [0.4, 0.5) is 0 Å². The van der Waals surface area contributed by atoms with Gasteiger partial charge in [-0.15, -0.1) is 0 Å². The van der Waals surface area contributed by atoms with Crippen molar-refractivity contribution in [1.29, 1.82) is 0 Å². The van der Waals surface area contributed by atoms with E-state index < -0.39 is 0 Å². The molecule has 129 heavy (non-hydrogen) atoms. The van der Waals surface area contributed by atoms with Crippen molar-refractivity contribution in [2.45, 2.75) is 0 Å². The Kier molecular flexibility index (Phi) is 17.5. The van der Waals surface area contributed by atoms with E-state index in [1.165, 1.54) is 32.3 Å². The Labute approximate surface area is 737 Å². The molecule has 0 N–H and O–H groups in total. The van der Waals surface area contributed by atoms with Crippen LogP contribution in [0, 0.1) is 0 Å². The van der Waals surface area contributed by atoms with Crippen LogP contribution in [0.15, 0.2) is 411 Å². The molecule has 0 saturated carbocycles. The molecule has 0 unspecified atom stereocenters. The minimum absolute atomic E-state index is 0.437. The number of fused-ring (bicyclic) bond motifs is 20. The highest BCUT2D eigenvalue weighted by molar-refractivity contribution is 7.18. The normalized spacial score (nSPS) is 11.7. The molecule has 27 rings (SSSR count). The number of nitrogens with zero attached hydrogens (tertiary/aromatic N) is 18. The monoisotopic (exact) mass is 1680 g/mol. The van der Waals surface area contributed by atoms with Crippen LogP contribution >= 0.6 is 11.3 Å². The van der Waals surface area contributed by atoms with Crippen molar-refractivity contribution in [3.63, 3.8) is 0 Å². The molecule has 27 aromatic rings. The maximum absolute atomic E-state index is 6.70. The Morgan fingerprint density at radius 3 is 0.992 bits per heavy atom. The molecule has 0 aliphatic heterocycles. The Hall–Kier alpha value is -17.8. The lowest BCUT2D eigenvalue weighted by Crippen LogP contribution is -1.97. The average molecular weight is 1680 g/mol. The third-order valence-electron chi connectivity index (χ3n) is 23.9. The maximum atomic E-state index is 6.70. The molecule has 0 radical (unpaired) electrons. The fourth-order valence-corrected chi connectivity index (χ4v) is 19.7. The van der Waals surface area contributed by atoms with E-state index in [1.54, 1.807) is 48.5 Å². The van der Waals surface area contributed by atoms with Crippen LogP contribution in [-0.2, 0) is 0 Å². The topological polar surface area (TPSA) is 211 Å². The number of thiazole rings is 1. The van der Waals surface area contributed by atoms with Crippen molar-refractivity contribution < 1.29 is 8.83 Å². The molecule has 606 valence electrons. The van der Waals surface area contributed by atoms with E-state index in [2.05, 4.69) is 267 Å². The number of benzene rings is 9. The summed E-state index contributed by atoms with van der Waals surface area (Å²) in [6, 6.07) is 112. The summed E-state index contributed by atoms with van der Waals surface area (Å²) < 4.78 is 27.0. The van der Waals surface area contributed by atoms with E-state index >= 15 is 0 Å². The molecule has 0 fully saturated rings. The number of hydrogen-bond acceptors (Lipinski definition) is 15. The smallest absolute Gasteiger partial charge is 0.248 e. The summed E-state index contributed by atoms with van der Waals surface area (Å²) in [4.78, 5) is 56.1. The molecule has 0 aliphatic carbocycles. The summed E-state index contributed by atoms with van der Waals surface area (Å²) in [7, 11) is 0. The van der Waals surface area contributed by atoms with Crippen molar-refractivity contribution in [2.24, 2.45) is 0 Å². The summed E-state index contributed by atoms with van der Waals surface area (Å²) >= 11 is 1.64. The van der Waals surface area contributed by atoms with Crippen LogP contribution in [0.2, 0.25) is 0 Å². The van der Waals surface area contributed by atoms with E-state index in [0.717, 1.165) is 154 Å². The molecule has 21 heteroatoms. The third-order valence-corrected chi connectivity index (χ3v) is 25.0. The Bertz CT molecular complexity index is 8990. The molecule has 18 aromatic heterocycles. The third kappa shape index (κ3) is 12.1. The van der Waals surface area contributed by atoms with Crippen molar-refractivity contribution >= 4 is 142 Å². The summed E-state index contributed by atoms with van der Waals surface area (Å²) in [5, 5.41) is 15.7. The molecule has 20 nitrogen and oxygen atoms in total. The quantitative estimate of drug-likeness (QED) is 0.111. The summed E-state index contributed by atoms with van der Waals surface area (Å²) in [5.74, 6) is 2.06. The predicted molar refractivity (Wildman–Crippen MR) is 514 cm³/mol. The average Bonchev–Trinajstić information content (AvgIpc) is 1.55. The second-order valence-electron chi connectivity index (χ2n) is 31.2. The van der Waals surface area contributed by atoms with Gasteiger partial charge in [0.25, 0.3) is 0 Å². The zero-order chi connectivity index (χ0) is 85.0. The van der Waals surface area contributed by atoms with Crippen LogP contribution in [0.1, 0.15) is 0 Å². The largest absolute Gasteiger partial charge is 0.417 e. The Morgan fingerprint density at radius 2 is 0.550 bits per heavy atom. The highest BCUT2D eigenvalue weighted by Crippen LogP contribution is 2.49. The maximum Gasteiger partial charge on any atom is 0.248 e. The molecule has 0 aliphatic rings. The van der Waals surface area contributed by atoms with Gasteiger partial charge in [0.15, 0.2) is 11.4 Å². The van der Waals surface area contributed by atoms with E-state index in [1.807, 2.05) is 165 Å². The highest BCUT2D eigenvalue weighted by Gasteiger charge is 2.31. The molecular formula is C108H66N18O2S. The van der Waals surface area contributed by atoms with E-state index in [0.29, 0.717) is 46.3 Å². The lowest BCUT2D eigenvalue weighted by molar-refractivity contribution is 0.552. The van der Waals surface area contributed by atoms with Crippen molar-refractivity contribution in [3.05, 3.63) is 402 Å². The second kappa shape index (κ2) is 30.6. The number of para-hydroxylation sites is 6. The fraction of sp³-hybridized carbons (Fsp3) is 0. The van der Waals surface area contributed by atoms with Crippen LogP contribution in [-0.4, -0.2) is 87.2 Å². The van der Waals surface area contributed by atoms with Crippen LogP contribution < -0.4 is 0 Å². The van der Waals surface area contributed by atoms with Gasteiger partial charge in [0.2, 0.25) is 23.5 Å². The Balaban J connectivity index is 0.000000105. The lowest BCUT2D eigenvalue weighted by Gasteiger charge is -2.09. The van der Waals surface area contributed by atoms with Crippen molar-refractivity contribution in [1.82, 2.24) is 87.2 Å². The van der Waals surface area contributed by atoms with Gasteiger partial charge in [-0.3, -0.25) is 58.6 Å². The van der Waals surface area contributed by atoms with E-state index in [4.69, 9.17) is 28.8 Å². The van der Waals surface area contributed by atoms with Gasteiger partial charge in [0.05, 0.1) is 125 Å². The molecule has 9 aromatic carbocycles. The number of hydrogen-bond donors (Lipinski definition) is 0. The predicted octanol–water partition coefficient (Wildman–Crippen LogP) is 25.6. The fourth-order valence-electron chi connectivity index (χ4n) is 18.6. The van der Waals surface area contributed by atoms with Gasteiger partial charge in [-0.2, -0.15) is 0 Å². The molecule has 18 heterocycles. The highest BCUT2D eigenvalue weighted by atomic mass is 32.1. The van der Waals surface area contributed by atoms with Crippen molar-refractivity contribution in [2.75, 3.05) is 0 Å². The van der Waals surface area contributed by atoms with Gasteiger partial charge in [-0.25, -0.2) is 15.0 Å². The standard InChI is InChI=1S/2C36H22N6O.C36H22N6S/c1-3-15-29-24(11-1)25-17-18-31-32(26-12-2-4-16-30(26)41(31)23-10-9-19-37-22-23)34(25)42(29)36-33(27-13-5-7-20-38-27)40-35(43-36)28-14-6-8-21-39-28;1-3-15-29-24(11-1)25-17-18-31-32(34(25)41(29)23-10-9-19-37-22-23)26-12-2-4-16-30(26)42(31)36-33(27-13-5-7-20-38-27)40-35(43-36)28-14-6-8-21-39-28;1-3-15-30-24(11-1)26-21-33-27(20-32(26)41(30)23-10-9-17-37-22-23)25-12-2-4-16-31(25)42(33)36-34(28-13-5-7-18-38-28)40-35(43-36)29-14-6-8-19-39-29/h3*1-22H. The molecule has 0 saturated heterocycles. The van der Waals surface area contributed by atoms with Gasteiger partial charge in [0, 0.05) is 120 Å². The SMILES string of the molecule is c1ccc(-c2nc(-c3ccccn3)c(-n3c4ccccc4c4c3ccc3c5ccccc5n(-c5cccnc5)c34)o2)nc1.c1ccc(-c2nc(-c3ccccn3)c(-n3c4ccccc4c4cc5c(cc43)c3ccccc3n5-c3cccnc3)s2)nc1.c1ccc(-c2nc(-c3ccccn3)c(-n3c4ccccc4c4ccc5c(c6ccccc6n5-c5cccnc5)c43)o2)nc1. The molecule has 0 atom stereocenters. The zero-order valence-electron chi connectivity index (χ0n) is 68.4. The number of pyridine rings is 9.